The predicted molar refractivity (Wildman–Crippen MR) is 78.4 cm³/mol. The van der Waals surface area contributed by atoms with Crippen molar-refractivity contribution in [1.29, 1.82) is 0 Å². The summed E-state index contributed by atoms with van der Waals surface area (Å²) in [7, 11) is 0. The molecule has 0 spiro atoms. The molecule has 0 heterocycles. The molecular weight excluding hydrogens is 254 g/mol. The standard InChI is InChI=1S/C16H23NO3/c1-15(2,14(19)20)16(3,4)17-13(18)11-10-12-8-6-5-7-9-12/h5-9H,10-11H2,1-4H3,(H,17,18)(H,19,20). The van der Waals surface area contributed by atoms with Crippen molar-refractivity contribution in [3.8, 4) is 0 Å². The summed E-state index contributed by atoms with van der Waals surface area (Å²) in [5.41, 5.74) is -0.750. The fourth-order valence-electron chi connectivity index (χ4n) is 1.74. The molecule has 0 saturated carbocycles. The average Bonchev–Trinajstić information content (AvgIpc) is 2.36. The Labute approximate surface area is 120 Å². The van der Waals surface area contributed by atoms with Gasteiger partial charge in [0.1, 0.15) is 0 Å². The Morgan fingerprint density at radius 3 is 2.15 bits per heavy atom. The molecule has 0 aliphatic rings. The van der Waals surface area contributed by atoms with Crippen LogP contribution >= 0.6 is 0 Å². The van der Waals surface area contributed by atoms with E-state index in [1.165, 1.54) is 0 Å². The number of hydrogen-bond acceptors (Lipinski definition) is 2. The van der Waals surface area contributed by atoms with E-state index in [1.807, 2.05) is 30.3 Å². The highest BCUT2D eigenvalue weighted by atomic mass is 16.4. The predicted octanol–water partition coefficient (Wildman–Crippen LogP) is 2.62. The van der Waals surface area contributed by atoms with E-state index in [0.717, 1.165) is 5.56 Å². The molecule has 0 bridgehead atoms. The zero-order valence-electron chi connectivity index (χ0n) is 12.6. The summed E-state index contributed by atoms with van der Waals surface area (Å²) >= 11 is 0. The van der Waals surface area contributed by atoms with Crippen molar-refractivity contribution < 1.29 is 14.7 Å². The Morgan fingerprint density at radius 1 is 1.10 bits per heavy atom. The molecule has 2 N–H and O–H groups in total. The van der Waals surface area contributed by atoms with Crippen molar-refractivity contribution in [3.63, 3.8) is 0 Å². The second kappa shape index (κ2) is 6.07. The summed E-state index contributed by atoms with van der Waals surface area (Å²) in [5, 5.41) is 12.1. The number of aliphatic carboxylic acids is 1. The molecule has 1 rings (SSSR count). The van der Waals surface area contributed by atoms with Gasteiger partial charge in [-0.3, -0.25) is 9.59 Å². The van der Waals surface area contributed by atoms with Gasteiger partial charge in [-0.2, -0.15) is 0 Å². The number of rotatable bonds is 6. The molecule has 20 heavy (non-hydrogen) atoms. The van der Waals surface area contributed by atoms with E-state index >= 15 is 0 Å². The first-order valence-corrected chi connectivity index (χ1v) is 6.75. The van der Waals surface area contributed by atoms with Crippen molar-refractivity contribution in [2.75, 3.05) is 0 Å². The van der Waals surface area contributed by atoms with Crippen molar-refractivity contribution >= 4 is 11.9 Å². The normalized spacial score (nSPS) is 12.0. The monoisotopic (exact) mass is 277 g/mol. The number of amides is 1. The van der Waals surface area contributed by atoms with E-state index in [9.17, 15) is 14.7 Å². The Hall–Kier alpha value is -1.84. The van der Waals surface area contributed by atoms with Gasteiger partial charge in [0.15, 0.2) is 0 Å². The maximum atomic E-state index is 12.0. The van der Waals surface area contributed by atoms with Gasteiger partial charge in [0, 0.05) is 12.0 Å². The van der Waals surface area contributed by atoms with Gasteiger partial charge < -0.3 is 10.4 Å². The molecular formula is C16H23NO3. The molecule has 0 aliphatic heterocycles. The second-order valence-corrected chi connectivity index (χ2v) is 6.09. The molecule has 1 amide bonds. The molecule has 0 aromatic heterocycles. The van der Waals surface area contributed by atoms with Crippen molar-refractivity contribution in [1.82, 2.24) is 5.32 Å². The third kappa shape index (κ3) is 3.83. The molecule has 0 radical (unpaired) electrons. The van der Waals surface area contributed by atoms with E-state index < -0.39 is 16.9 Å². The molecule has 0 saturated heterocycles. The molecule has 0 atom stereocenters. The highest BCUT2D eigenvalue weighted by Crippen LogP contribution is 2.30. The Morgan fingerprint density at radius 2 is 1.65 bits per heavy atom. The highest BCUT2D eigenvalue weighted by molar-refractivity contribution is 5.80. The quantitative estimate of drug-likeness (QED) is 0.840. The smallest absolute Gasteiger partial charge is 0.311 e. The minimum atomic E-state index is -1.03. The lowest BCUT2D eigenvalue weighted by Gasteiger charge is -2.38. The molecule has 4 heteroatoms. The minimum Gasteiger partial charge on any atom is -0.481 e. The van der Waals surface area contributed by atoms with Gasteiger partial charge in [-0.25, -0.2) is 0 Å². The van der Waals surface area contributed by atoms with Gasteiger partial charge >= 0.3 is 5.97 Å². The summed E-state index contributed by atoms with van der Waals surface area (Å²) in [4.78, 5) is 23.3. The lowest BCUT2D eigenvalue weighted by atomic mass is 9.74. The zero-order chi connectivity index (χ0) is 15.4. The van der Waals surface area contributed by atoms with Crippen molar-refractivity contribution in [2.24, 2.45) is 5.41 Å². The van der Waals surface area contributed by atoms with Gasteiger partial charge in [0.2, 0.25) is 5.91 Å². The van der Waals surface area contributed by atoms with Crippen LogP contribution in [0.5, 0.6) is 0 Å². The topological polar surface area (TPSA) is 66.4 Å². The molecule has 1 aromatic rings. The van der Waals surface area contributed by atoms with E-state index in [0.29, 0.717) is 12.8 Å². The second-order valence-electron chi connectivity index (χ2n) is 6.09. The van der Waals surface area contributed by atoms with Crippen LogP contribution in [0.1, 0.15) is 39.7 Å². The number of carbonyl (C=O) groups excluding carboxylic acids is 1. The number of carboxylic acids is 1. The maximum Gasteiger partial charge on any atom is 0.311 e. The molecule has 0 unspecified atom stereocenters. The summed E-state index contributed by atoms with van der Waals surface area (Å²) in [5.74, 6) is -1.06. The van der Waals surface area contributed by atoms with E-state index in [-0.39, 0.29) is 5.91 Å². The van der Waals surface area contributed by atoms with Gasteiger partial charge in [-0.15, -0.1) is 0 Å². The third-order valence-electron chi connectivity index (χ3n) is 4.03. The molecule has 0 aliphatic carbocycles. The van der Waals surface area contributed by atoms with Crippen molar-refractivity contribution in [2.45, 2.75) is 46.1 Å². The number of nitrogens with one attached hydrogen (secondary N) is 1. The summed E-state index contributed by atoms with van der Waals surface area (Å²) in [6, 6.07) is 9.75. The van der Waals surface area contributed by atoms with Crippen LogP contribution in [-0.4, -0.2) is 22.5 Å². The van der Waals surface area contributed by atoms with E-state index in [4.69, 9.17) is 0 Å². The van der Waals surface area contributed by atoms with Crippen LogP contribution in [0.25, 0.3) is 0 Å². The summed E-state index contributed by atoms with van der Waals surface area (Å²) in [6.45, 7) is 6.71. The maximum absolute atomic E-state index is 12.0. The SMILES string of the molecule is CC(C)(NC(=O)CCc1ccccc1)C(C)(C)C(=O)O. The van der Waals surface area contributed by atoms with Crippen LogP contribution in [0, 0.1) is 5.41 Å². The first-order valence-electron chi connectivity index (χ1n) is 6.75. The third-order valence-corrected chi connectivity index (χ3v) is 4.03. The molecule has 1 aromatic carbocycles. The summed E-state index contributed by atoms with van der Waals surface area (Å²) < 4.78 is 0. The van der Waals surface area contributed by atoms with Crippen LogP contribution in [0.2, 0.25) is 0 Å². The van der Waals surface area contributed by atoms with Gasteiger partial charge in [-0.1, -0.05) is 30.3 Å². The van der Waals surface area contributed by atoms with Crippen LogP contribution in [0.3, 0.4) is 0 Å². The average molecular weight is 277 g/mol. The Kier molecular flexibility index (Phi) is 4.93. The number of carboxylic acid groups (broad SMARTS) is 1. The lowest BCUT2D eigenvalue weighted by Crippen LogP contribution is -2.57. The van der Waals surface area contributed by atoms with Gasteiger partial charge in [0.25, 0.3) is 0 Å². The molecule has 4 nitrogen and oxygen atoms in total. The molecule has 110 valence electrons. The van der Waals surface area contributed by atoms with Crippen LogP contribution in [0.4, 0.5) is 0 Å². The first-order chi connectivity index (χ1) is 9.17. The fourth-order valence-corrected chi connectivity index (χ4v) is 1.74. The van der Waals surface area contributed by atoms with Gasteiger partial charge in [-0.05, 0) is 39.7 Å². The van der Waals surface area contributed by atoms with Crippen LogP contribution in [-0.2, 0) is 16.0 Å². The largest absolute Gasteiger partial charge is 0.481 e. The highest BCUT2D eigenvalue weighted by Gasteiger charge is 2.44. The van der Waals surface area contributed by atoms with Crippen LogP contribution < -0.4 is 5.32 Å². The lowest BCUT2D eigenvalue weighted by molar-refractivity contribution is -0.151. The Bertz CT molecular complexity index is 478. The van der Waals surface area contributed by atoms with E-state index in [1.54, 1.807) is 27.7 Å². The first kappa shape index (κ1) is 16.2. The zero-order valence-corrected chi connectivity index (χ0v) is 12.6. The Balaban J connectivity index is 2.60. The number of carbonyl (C=O) groups is 2. The number of benzene rings is 1. The molecule has 0 fully saturated rings. The van der Waals surface area contributed by atoms with Gasteiger partial charge in [0.05, 0.1) is 5.41 Å². The number of aryl methyl sites for hydroxylation is 1. The number of hydrogen-bond donors (Lipinski definition) is 2. The van der Waals surface area contributed by atoms with Crippen molar-refractivity contribution in [3.05, 3.63) is 35.9 Å². The summed E-state index contributed by atoms with van der Waals surface area (Å²) in [6.07, 6.45) is 0.999. The fraction of sp³-hybridized carbons (Fsp3) is 0.500. The van der Waals surface area contributed by atoms with E-state index in [2.05, 4.69) is 5.32 Å². The van der Waals surface area contributed by atoms with Crippen LogP contribution in [0.15, 0.2) is 30.3 Å². The minimum absolute atomic E-state index is 0.131.